The van der Waals surface area contributed by atoms with Crippen molar-refractivity contribution in [1.82, 2.24) is 5.32 Å². The van der Waals surface area contributed by atoms with Gasteiger partial charge in [-0.3, -0.25) is 4.79 Å². The minimum absolute atomic E-state index is 0.0680. The van der Waals surface area contributed by atoms with Crippen LogP contribution < -0.4 is 29.9 Å². The van der Waals surface area contributed by atoms with E-state index in [4.69, 9.17) is 14.2 Å². The van der Waals surface area contributed by atoms with Crippen molar-refractivity contribution in [1.29, 1.82) is 0 Å². The standard InChI is InChI=1S/C25H32N2O4/c1-26-19-10-8-16-14-22(29-2)24(30-3)25(31-4)23(16)17-9-11-20(21(28)15-18(17)19)27-12-6-5-7-13-27/h9,11,14-15,19,26H,5-8,10,12-13H2,1-4H3. The number of rotatable bonds is 5. The molecule has 31 heavy (non-hydrogen) atoms. The van der Waals surface area contributed by atoms with Crippen molar-refractivity contribution in [2.45, 2.75) is 38.1 Å². The highest BCUT2D eigenvalue weighted by atomic mass is 16.5. The molecule has 1 aliphatic heterocycles. The second kappa shape index (κ2) is 9.18. The molecule has 2 aliphatic rings. The summed E-state index contributed by atoms with van der Waals surface area (Å²) in [4.78, 5) is 15.5. The van der Waals surface area contributed by atoms with Crippen molar-refractivity contribution in [3.8, 4) is 28.4 Å². The number of piperidine rings is 1. The average molecular weight is 425 g/mol. The molecule has 0 saturated carbocycles. The molecular weight excluding hydrogens is 392 g/mol. The number of hydrogen-bond donors (Lipinski definition) is 1. The van der Waals surface area contributed by atoms with Gasteiger partial charge < -0.3 is 24.4 Å². The van der Waals surface area contributed by atoms with Crippen molar-refractivity contribution in [3.05, 3.63) is 45.6 Å². The largest absolute Gasteiger partial charge is 0.493 e. The van der Waals surface area contributed by atoms with Crippen molar-refractivity contribution in [3.63, 3.8) is 0 Å². The lowest BCUT2D eigenvalue weighted by atomic mass is 9.95. The summed E-state index contributed by atoms with van der Waals surface area (Å²) in [6.45, 7) is 1.87. The molecule has 0 aromatic heterocycles. The first-order valence-corrected chi connectivity index (χ1v) is 11.1. The van der Waals surface area contributed by atoms with Crippen LogP contribution in [-0.4, -0.2) is 41.5 Å². The van der Waals surface area contributed by atoms with E-state index >= 15 is 0 Å². The minimum Gasteiger partial charge on any atom is -0.493 e. The zero-order chi connectivity index (χ0) is 22.0. The molecule has 1 heterocycles. The normalized spacial score (nSPS) is 17.9. The first-order valence-electron chi connectivity index (χ1n) is 11.1. The lowest BCUT2D eigenvalue weighted by Gasteiger charge is -2.27. The van der Waals surface area contributed by atoms with Crippen molar-refractivity contribution < 1.29 is 14.2 Å². The molecule has 0 bridgehead atoms. The van der Waals surface area contributed by atoms with Gasteiger partial charge in [0.2, 0.25) is 11.2 Å². The lowest BCUT2D eigenvalue weighted by molar-refractivity contribution is 0.324. The van der Waals surface area contributed by atoms with Gasteiger partial charge in [-0.05, 0) is 74.0 Å². The zero-order valence-electron chi connectivity index (χ0n) is 18.9. The predicted molar refractivity (Wildman–Crippen MR) is 124 cm³/mol. The molecule has 0 spiro atoms. The molecule has 1 atom stereocenters. The van der Waals surface area contributed by atoms with Crippen LogP contribution in [0, 0.1) is 0 Å². The molecule has 6 nitrogen and oxygen atoms in total. The van der Waals surface area contributed by atoms with Crippen LogP contribution in [0.25, 0.3) is 11.1 Å². The van der Waals surface area contributed by atoms with Crippen molar-refractivity contribution >= 4 is 5.69 Å². The summed E-state index contributed by atoms with van der Waals surface area (Å²) in [5, 5.41) is 3.41. The monoisotopic (exact) mass is 424 g/mol. The van der Waals surface area contributed by atoms with Gasteiger partial charge in [-0.1, -0.05) is 6.07 Å². The van der Waals surface area contributed by atoms with Gasteiger partial charge in [0.1, 0.15) is 0 Å². The zero-order valence-corrected chi connectivity index (χ0v) is 18.9. The number of hydrogen-bond acceptors (Lipinski definition) is 6. The number of aryl methyl sites for hydroxylation is 1. The number of nitrogens with zero attached hydrogens (tertiary/aromatic N) is 1. The fourth-order valence-electron chi connectivity index (χ4n) is 5.00. The third-order valence-corrected chi connectivity index (χ3v) is 6.56. The third-order valence-electron chi connectivity index (χ3n) is 6.56. The first kappa shape index (κ1) is 21.5. The Morgan fingerprint density at radius 3 is 2.35 bits per heavy atom. The maximum absolute atomic E-state index is 13.3. The summed E-state index contributed by atoms with van der Waals surface area (Å²) in [7, 11) is 6.86. The van der Waals surface area contributed by atoms with E-state index in [-0.39, 0.29) is 11.5 Å². The number of fused-ring (bicyclic) bond motifs is 3. The average Bonchev–Trinajstić information content (AvgIpc) is 3.06. The van der Waals surface area contributed by atoms with Gasteiger partial charge in [-0.15, -0.1) is 0 Å². The van der Waals surface area contributed by atoms with Gasteiger partial charge in [0.05, 0.1) is 27.0 Å². The first-order chi connectivity index (χ1) is 15.1. The van der Waals surface area contributed by atoms with Crippen LogP contribution in [-0.2, 0) is 6.42 Å². The fraction of sp³-hybridized carbons (Fsp3) is 0.480. The SMILES string of the molecule is CNC1CCc2cc(OC)c(OC)c(OC)c2-c2ccc(N3CCCCC3)c(=O)cc21. The van der Waals surface area contributed by atoms with E-state index in [2.05, 4.69) is 16.3 Å². The summed E-state index contributed by atoms with van der Waals surface area (Å²) >= 11 is 0. The highest BCUT2D eigenvalue weighted by Crippen LogP contribution is 2.50. The number of anilines is 1. The Morgan fingerprint density at radius 1 is 0.968 bits per heavy atom. The molecule has 0 amide bonds. The van der Waals surface area contributed by atoms with E-state index in [9.17, 15) is 4.79 Å². The van der Waals surface area contributed by atoms with Crippen LogP contribution in [0.4, 0.5) is 5.69 Å². The Kier molecular flexibility index (Phi) is 6.37. The van der Waals surface area contributed by atoms with Gasteiger partial charge in [0, 0.05) is 24.7 Å². The molecule has 1 N–H and O–H groups in total. The van der Waals surface area contributed by atoms with Crippen LogP contribution in [0.2, 0.25) is 0 Å². The lowest BCUT2D eigenvalue weighted by Crippen LogP contribution is -2.32. The second-order valence-corrected chi connectivity index (χ2v) is 8.20. The summed E-state index contributed by atoms with van der Waals surface area (Å²) in [5.41, 5.74) is 4.97. The highest BCUT2D eigenvalue weighted by Gasteiger charge is 2.28. The molecule has 2 aromatic rings. The number of benzene rings is 1. The number of ether oxygens (including phenoxy) is 3. The van der Waals surface area contributed by atoms with E-state index < -0.39 is 0 Å². The Hall–Kier alpha value is -2.73. The van der Waals surface area contributed by atoms with Crippen LogP contribution in [0.15, 0.2) is 29.1 Å². The Morgan fingerprint density at radius 2 is 1.71 bits per heavy atom. The third kappa shape index (κ3) is 3.85. The summed E-state index contributed by atoms with van der Waals surface area (Å²) < 4.78 is 17.1. The van der Waals surface area contributed by atoms with Crippen LogP contribution in [0.5, 0.6) is 17.2 Å². The van der Waals surface area contributed by atoms with Gasteiger partial charge in [0.15, 0.2) is 11.5 Å². The van der Waals surface area contributed by atoms with Gasteiger partial charge in [-0.25, -0.2) is 0 Å². The Balaban J connectivity index is 2.00. The molecule has 1 fully saturated rings. The van der Waals surface area contributed by atoms with Gasteiger partial charge in [0.25, 0.3) is 0 Å². The van der Waals surface area contributed by atoms with E-state index in [1.807, 2.05) is 25.2 Å². The summed E-state index contributed by atoms with van der Waals surface area (Å²) in [5.74, 6) is 1.87. The Bertz CT molecular complexity index is 1020. The molecular formula is C25H32N2O4. The molecule has 1 saturated heterocycles. The smallest absolute Gasteiger partial charge is 0.203 e. The molecule has 2 aromatic carbocycles. The van der Waals surface area contributed by atoms with Gasteiger partial charge >= 0.3 is 0 Å². The molecule has 1 unspecified atom stereocenters. The minimum atomic E-state index is 0.0680. The summed E-state index contributed by atoms with van der Waals surface area (Å²) in [6.07, 6.45) is 5.20. The fourth-order valence-corrected chi connectivity index (χ4v) is 5.00. The molecule has 6 heteroatoms. The predicted octanol–water partition coefficient (Wildman–Crippen LogP) is 3.94. The highest BCUT2D eigenvalue weighted by molar-refractivity contribution is 5.83. The molecule has 0 radical (unpaired) electrons. The van der Waals surface area contributed by atoms with Crippen LogP contribution in [0.1, 0.15) is 42.9 Å². The maximum atomic E-state index is 13.3. The topological polar surface area (TPSA) is 60.0 Å². The Labute approximate surface area is 184 Å². The number of nitrogens with one attached hydrogen (secondary N) is 1. The van der Waals surface area contributed by atoms with Crippen LogP contribution in [0.3, 0.4) is 0 Å². The van der Waals surface area contributed by atoms with Gasteiger partial charge in [-0.2, -0.15) is 0 Å². The van der Waals surface area contributed by atoms with E-state index in [1.54, 1.807) is 21.3 Å². The quantitative estimate of drug-likeness (QED) is 0.785. The van der Waals surface area contributed by atoms with E-state index in [0.717, 1.165) is 66.7 Å². The molecule has 166 valence electrons. The maximum Gasteiger partial charge on any atom is 0.203 e. The van der Waals surface area contributed by atoms with Crippen molar-refractivity contribution in [2.75, 3.05) is 46.4 Å². The van der Waals surface area contributed by atoms with Crippen LogP contribution >= 0.6 is 0 Å². The van der Waals surface area contributed by atoms with E-state index in [0.29, 0.717) is 17.2 Å². The second-order valence-electron chi connectivity index (χ2n) is 8.20. The van der Waals surface area contributed by atoms with E-state index in [1.165, 1.54) is 6.42 Å². The number of methoxy groups -OCH3 is 3. The summed E-state index contributed by atoms with van der Waals surface area (Å²) in [6, 6.07) is 8.01. The van der Waals surface area contributed by atoms with Crippen molar-refractivity contribution in [2.24, 2.45) is 0 Å². The molecule has 4 rings (SSSR count). The molecule has 1 aliphatic carbocycles.